The second kappa shape index (κ2) is 9.84. The van der Waals surface area contributed by atoms with E-state index < -0.39 is 19.9 Å². The SMILES string of the molecule is CCN(CC)S(=O)(=O)c1ccc(C(=O)N2CCN(c3nc4c(S(C)(=O)=O)cccc4s3)CC2)cc1. The van der Waals surface area contributed by atoms with Gasteiger partial charge in [-0.15, -0.1) is 0 Å². The van der Waals surface area contributed by atoms with Crippen LogP contribution in [0, 0.1) is 0 Å². The molecule has 1 aliphatic heterocycles. The van der Waals surface area contributed by atoms with Crippen molar-refractivity contribution in [2.75, 3.05) is 50.4 Å². The normalized spacial score (nSPS) is 15.2. The summed E-state index contributed by atoms with van der Waals surface area (Å²) in [6, 6.07) is 11.2. The summed E-state index contributed by atoms with van der Waals surface area (Å²) in [5.41, 5.74) is 0.919. The van der Waals surface area contributed by atoms with E-state index in [1.807, 2.05) is 6.07 Å². The predicted octanol–water partition coefficient (Wildman–Crippen LogP) is 2.69. The van der Waals surface area contributed by atoms with E-state index in [1.54, 1.807) is 43.0 Å². The van der Waals surface area contributed by atoms with Gasteiger partial charge >= 0.3 is 0 Å². The molecule has 0 atom stereocenters. The number of thiazole rings is 1. The van der Waals surface area contributed by atoms with Gasteiger partial charge in [0, 0.05) is 51.1 Å². The van der Waals surface area contributed by atoms with Crippen molar-refractivity contribution >= 4 is 52.5 Å². The molecule has 1 saturated heterocycles. The molecule has 0 aliphatic carbocycles. The number of amides is 1. The Morgan fingerprint density at radius 3 is 2.17 bits per heavy atom. The van der Waals surface area contributed by atoms with Gasteiger partial charge in [-0.3, -0.25) is 4.79 Å². The van der Waals surface area contributed by atoms with Gasteiger partial charge in [0.1, 0.15) is 5.52 Å². The minimum atomic E-state index is -3.57. The van der Waals surface area contributed by atoms with E-state index in [2.05, 4.69) is 9.88 Å². The highest BCUT2D eigenvalue weighted by atomic mass is 32.2. The van der Waals surface area contributed by atoms with Gasteiger partial charge in [-0.05, 0) is 36.4 Å². The van der Waals surface area contributed by atoms with Crippen LogP contribution in [0.5, 0.6) is 0 Å². The largest absolute Gasteiger partial charge is 0.345 e. The second-order valence-corrected chi connectivity index (χ2v) is 13.2. The zero-order chi connectivity index (χ0) is 25.4. The molecule has 1 fully saturated rings. The minimum absolute atomic E-state index is 0.153. The van der Waals surface area contributed by atoms with Crippen LogP contribution in [0.15, 0.2) is 52.3 Å². The quantitative estimate of drug-likeness (QED) is 0.457. The molecule has 2 heterocycles. The topological polar surface area (TPSA) is 108 Å². The lowest BCUT2D eigenvalue weighted by molar-refractivity contribution is 0.0746. The van der Waals surface area contributed by atoms with Gasteiger partial charge < -0.3 is 9.80 Å². The van der Waals surface area contributed by atoms with Crippen molar-refractivity contribution in [3.63, 3.8) is 0 Å². The van der Waals surface area contributed by atoms with E-state index in [0.717, 1.165) is 9.83 Å². The summed E-state index contributed by atoms with van der Waals surface area (Å²) in [5.74, 6) is -0.153. The van der Waals surface area contributed by atoms with Gasteiger partial charge in [-0.25, -0.2) is 21.8 Å². The molecular weight excluding hydrogens is 508 g/mol. The van der Waals surface area contributed by atoms with E-state index in [1.165, 1.54) is 34.0 Å². The highest BCUT2D eigenvalue weighted by molar-refractivity contribution is 7.91. The number of aromatic nitrogens is 1. The van der Waals surface area contributed by atoms with Crippen LogP contribution in [0.25, 0.3) is 10.2 Å². The van der Waals surface area contributed by atoms with E-state index in [4.69, 9.17) is 0 Å². The highest BCUT2D eigenvalue weighted by Gasteiger charge is 2.26. The summed E-state index contributed by atoms with van der Waals surface area (Å²) in [7, 11) is -6.96. The van der Waals surface area contributed by atoms with E-state index in [9.17, 15) is 21.6 Å². The van der Waals surface area contributed by atoms with Gasteiger partial charge in [0.2, 0.25) is 10.0 Å². The summed E-state index contributed by atoms with van der Waals surface area (Å²) >= 11 is 1.44. The number of fused-ring (bicyclic) bond motifs is 1. The molecule has 1 amide bonds. The summed E-state index contributed by atoms with van der Waals surface area (Å²) in [6.07, 6.45) is 1.18. The summed E-state index contributed by atoms with van der Waals surface area (Å²) < 4.78 is 51.7. The van der Waals surface area contributed by atoms with Crippen LogP contribution in [0.3, 0.4) is 0 Å². The van der Waals surface area contributed by atoms with Crippen LogP contribution in [0.2, 0.25) is 0 Å². The molecule has 35 heavy (non-hydrogen) atoms. The van der Waals surface area contributed by atoms with Crippen LogP contribution in [0.1, 0.15) is 24.2 Å². The van der Waals surface area contributed by atoms with Gasteiger partial charge in [-0.1, -0.05) is 31.3 Å². The number of carbonyl (C=O) groups is 1. The third kappa shape index (κ3) is 5.06. The number of nitrogens with zero attached hydrogens (tertiary/aromatic N) is 4. The molecule has 0 bridgehead atoms. The zero-order valence-electron chi connectivity index (χ0n) is 19.8. The van der Waals surface area contributed by atoms with Crippen molar-refractivity contribution in [2.24, 2.45) is 0 Å². The fraction of sp³-hybridized carbons (Fsp3) is 0.391. The fourth-order valence-corrected chi connectivity index (χ4v) is 7.51. The standard InChI is InChI=1S/C23H28N4O5S3/c1-4-27(5-2)35(31,32)18-11-9-17(10-12-18)22(28)25-13-15-26(16-14-25)23-24-21-19(33-23)7-6-8-20(21)34(3,29)30/h6-12H,4-5,13-16H2,1-3H3. The molecule has 0 saturated carbocycles. The maximum Gasteiger partial charge on any atom is 0.253 e. The van der Waals surface area contributed by atoms with Crippen LogP contribution in [0.4, 0.5) is 5.13 Å². The Hall–Kier alpha value is -2.54. The molecular formula is C23H28N4O5S3. The third-order valence-electron chi connectivity index (χ3n) is 6.05. The lowest BCUT2D eigenvalue weighted by atomic mass is 10.2. The molecule has 0 spiro atoms. The first-order valence-corrected chi connectivity index (χ1v) is 15.4. The van der Waals surface area contributed by atoms with Gasteiger partial charge in [0.25, 0.3) is 5.91 Å². The van der Waals surface area contributed by atoms with Crippen LogP contribution in [-0.4, -0.2) is 82.5 Å². The van der Waals surface area contributed by atoms with Crippen LogP contribution >= 0.6 is 11.3 Å². The van der Waals surface area contributed by atoms with Crippen LogP contribution < -0.4 is 4.90 Å². The van der Waals surface area contributed by atoms with E-state index >= 15 is 0 Å². The first kappa shape index (κ1) is 25.5. The number of benzene rings is 2. The Kier molecular flexibility index (Phi) is 7.18. The van der Waals surface area contributed by atoms with Crippen molar-refractivity contribution in [1.82, 2.24) is 14.2 Å². The number of sulfone groups is 1. The molecule has 188 valence electrons. The maximum absolute atomic E-state index is 13.0. The molecule has 3 aromatic rings. The van der Waals surface area contributed by atoms with E-state index in [0.29, 0.717) is 50.3 Å². The number of carbonyl (C=O) groups excluding carboxylic acids is 1. The third-order valence-corrected chi connectivity index (χ3v) is 10.3. The Bertz CT molecular complexity index is 1440. The Morgan fingerprint density at radius 1 is 0.971 bits per heavy atom. The van der Waals surface area contributed by atoms with Crippen molar-refractivity contribution in [3.8, 4) is 0 Å². The molecule has 0 radical (unpaired) electrons. The number of hydrogen-bond donors (Lipinski definition) is 0. The second-order valence-electron chi connectivity index (χ2n) is 8.26. The summed E-state index contributed by atoms with van der Waals surface area (Å²) in [4.78, 5) is 21.8. The van der Waals surface area contributed by atoms with Crippen molar-refractivity contribution < 1.29 is 21.6 Å². The molecule has 1 aromatic heterocycles. The van der Waals surface area contributed by atoms with Crippen molar-refractivity contribution in [3.05, 3.63) is 48.0 Å². The van der Waals surface area contributed by atoms with E-state index in [-0.39, 0.29) is 15.7 Å². The predicted molar refractivity (Wildman–Crippen MR) is 137 cm³/mol. The fourth-order valence-electron chi connectivity index (χ4n) is 4.11. The number of hydrogen-bond acceptors (Lipinski definition) is 8. The number of rotatable bonds is 7. The lowest BCUT2D eigenvalue weighted by Crippen LogP contribution is -2.48. The minimum Gasteiger partial charge on any atom is -0.345 e. The number of para-hydroxylation sites is 1. The monoisotopic (exact) mass is 536 g/mol. The van der Waals surface area contributed by atoms with Crippen molar-refractivity contribution in [1.29, 1.82) is 0 Å². The molecule has 12 heteroatoms. The van der Waals surface area contributed by atoms with Crippen LogP contribution in [-0.2, 0) is 19.9 Å². The Balaban J connectivity index is 1.45. The molecule has 4 rings (SSSR count). The van der Waals surface area contributed by atoms with Gasteiger partial charge in [0.15, 0.2) is 15.0 Å². The van der Waals surface area contributed by atoms with Gasteiger partial charge in [0.05, 0.1) is 14.5 Å². The molecule has 1 aliphatic rings. The zero-order valence-corrected chi connectivity index (χ0v) is 22.3. The molecule has 0 N–H and O–H groups in total. The molecule has 2 aromatic carbocycles. The molecule has 9 nitrogen and oxygen atoms in total. The van der Waals surface area contributed by atoms with Crippen molar-refractivity contribution in [2.45, 2.75) is 23.6 Å². The average molecular weight is 537 g/mol. The van der Waals surface area contributed by atoms with Gasteiger partial charge in [-0.2, -0.15) is 4.31 Å². The average Bonchev–Trinajstić information content (AvgIpc) is 3.28. The summed E-state index contributed by atoms with van der Waals surface area (Å²) in [5, 5.41) is 0.731. The first-order chi connectivity index (χ1) is 16.6. The smallest absolute Gasteiger partial charge is 0.253 e. The summed E-state index contributed by atoms with van der Waals surface area (Å²) in [6.45, 7) is 6.43. The maximum atomic E-state index is 13.0. The Morgan fingerprint density at radius 2 is 1.60 bits per heavy atom. The molecule has 0 unspecified atom stereocenters. The number of sulfonamides is 1. The first-order valence-electron chi connectivity index (χ1n) is 11.3. The lowest BCUT2D eigenvalue weighted by Gasteiger charge is -2.34. The highest BCUT2D eigenvalue weighted by Crippen LogP contribution is 2.33. The Labute approximate surface area is 210 Å². The number of anilines is 1. The number of piperazine rings is 1.